The number of amides is 1. The molecule has 0 unspecified atom stereocenters. The number of carbonyl (C=O) groups is 1. The van der Waals surface area contributed by atoms with Crippen LogP contribution in [-0.2, 0) is 6.54 Å². The molecule has 2 N–H and O–H groups in total. The highest BCUT2D eigenvalue weighted by Crippen LogP contribution is 2.26. The fourth-order valence-electron chi connectivity index (χ4n) is 2.96. The molecule has 0 saturated carbocycles. The molecule has 170 valence electrons. The molecule has 3 aromatic rings. The van der Waals surface area contributed by atoms with Crippen LogP contribution in [0.4, 0.5) is 11.5 Å². The van der Waals surface area contributed by atoms with E-state index in [4.69, 9.17) is 11.6 Å². The third-order valence-corrected chi connectivity index (χ3v) is 5.47. The van der Waals surface area contributed by atoms with E-state index in [1.807, 2.05) is 0 Å². The third kappa shape index (κ3) is 5.65. The molecule has 32 heavy (non-hydrogen) atoms. The van der Waals surface area contributed by atoms with E-state index in [0.717, 1.165) is 24.2 Å². The maximum absolute atomic E-state index is 12.5. The third-order valence-electron chi connectivity index (χ3n) is 4.37. The molecule has 0 fully saturated rings. The summed E-state index contributed by atoms with van der Waals surface area (Å²) in [6.45, 7) is 7.52. The van der Waals surface area contributed by atoms with Crippen LogP contribution < -0.4 is 10.6 Å². The van der Waals surface area contributed by atoms with Gasteiger partial charge in [0.05, 0.1) is 23.1 Å². The summed E-state index contributed by atoms with van der Waals surface area (Å²) in [4.78, 5) is 32.4. The Balaban J connectivity index is 1.78. The van der Waals surface area contributed by atoms with Gasteiger partial charge >= 0.3 is 0 Å². The van der Waals surface area contributed by atoms with Crippen molar-refractivity contribution in [3.8, 4) is 0 Å². The van der Waals surface area contributed by atoms with E-state index in [9.17, 15) is 14.9 Å². The van der Waals surface area contributed by atoms with Crippen molar-refractivity contribution in [1.82, 2.24) is 25.1 Å². The van der Waals surface area contributed by atoms with E-state index in [-0.39, 0.29) is 22.8 Å². The van der Waals surface area contributed by atoms with Crippen molar-refractivity contribution in [1.29, 1.82) is 0 Å². The minimum atomic E-state index is -0.609. The van der Waals surface area contributed by atoms with E-state index in [2.05, 4.69) is 46.5 Å². The molecule has 0 atom stereocenters. The zero-order valence-corrected chi connectivity index (χ0v) is 19.5. The van der Waals surface area contributed by atoms with Gasteiger partial charge in [0.15, 0.2) is 10.8 Å². The number of thioether (sulfide) groups is 1. The number of carbonyl (C=O) groups excluding carboxylic acids is 1. The van der Waals surface area contributed by atoms with Crippen LogP contribution in [0.2, 0.25) is 5.02 Å². The fourth-order valence-corrected chi connectivity index (χ4v) is 3.84. The van der Waals surface area contributed by atoms with Gasteiger partial charge in [-0.2, -0.15) is 5.10 Å². The minimum Gasteiger partial charge on any atom is -0.369 e. The first-order valence-electron chi connectivity index (χ1n) is 10.2. The molecule has 0 radical (unpaired) electrons. The van der Waals surface area contributed by atoms with Gasteiger partial charge in [0.2, 0.25) is 0 Å². The number of nitrogens with one attached hydrogen (secondary N) is 2. The fraction of sp³-hybridized carbons (Fsp3) is 0.400. The van der Waals surface area contributed by atoms with Crippen molar-refractivity contribution in [2.75, 3.05) is 18.4 Å². The Morgan fingerprint density at radius 3 is 2.78 bits per heavy atom. The van der Waals surface area contributed by atoms with Crippen LogP contribution in [-0.4, -0.2) is 48.9 Å². The molecule has 0 aliphatic rings. The van der Waals surface area contributed by atoms with Gasteiger partial charge in [-0.25, -0.2) is 14.6 Å². The topological polar surface area (TPSA) is 128 Å². The van der Waals surface area contributed by atoms with Crippen LogP contribution in [0, 0.1) is 10.1 Å². The van der Waals surface area contributed by atoms with Gasteiger partial charge < -0.3 is 10.6 Å². The highest BCUT2D eigenvalue weighted by Gasteiger charge is 2.20. The molecule has 12 heteroatoms. The molecular formula is C20H24ClN7O3S. The number of aromatic nitrogens is 4. The number of nitro benzene ring substituents is 1. The van der Waals surface area contributed by atoms with Crippen molar-refractivity contribution in [2.45, 2.75) is 44.1 Å². The van der Waals surface area contributed by atoms with Crippen LogP contribution >= 0.6 is 23.4 Å². The van der Waals surface area contributed by atoms with Gasteiger partial charge in [0.1, 0.15) is 11.4 Å². The SMILES string of the molecule is CCCNc1nc(SC(C)C)nc2c1cnn2CCNC(=O)c1cc(Cl)ccc1[N+](=O)[O-]. The zero-order chi connectivity index (χ0) is 23.3. The highest BCUT2D eigenvalue weighted by atomic mass is 35.5. The van der Waals surface area contributed by atoms with Crippen molar-refractivity contribution in [2.24, 2.45) is 0 Å². The molecule has 1 aromatic carbocycles. The maximum Gasteiger partial charge on any atom is 0.282 e. The summed E-state index contributed by atoms with van der Waals surface area (Å²) in [6, 6.07) is 3.88. The van der Waals surface area contributed by atoms with Crippen LogP contribution in [0.1, 0.15) is 37.6 Å². The van der Waals surface area contributed by atoms with E-state index in [1.54, 1.807) is 22.6 Å². The lowest BCUT2D eigenvalue weighted by atomic mass is 10.1. The van der Waals surface area contributed by atoms with E-state index in [1.165, 1.54) is 18.2 Å². The second kappa shape index (κ2) is 10.6. The summed E-state index contributed by atoms with van der Waals surface area (Å²) in [7, 11) is 0. The lowest BCUT2D eigenvalue weighted by Gasteiger charge is -2.10. The van der Waals surface area contributed by atoms with Gasteiger partial charge in [-0.3, -0.25) is 14.9 Å². The Bertz CT molecular complexity index is 1140. The Morgan fingerprint density at radius 1 is 1.31 bits per heavy atom. The van der Waals surface area contributed by atoms with E-state index < -0.39 is 10.8 Å². The number of halogens is 1. The Hall–Kier alpha value is -2.92. The zero-order valence-electron chi connectivity index (χ0n) is 18.0. The number of benzene rings is 1. The predicted molar refractivity (Wildman–Crippen MR) is 126 cm³/mol. The monoisotopic (exact) mass is 477 g/mol. The minimum absolute atomic E-state index is 0.0863. The molecule has 3 rings (SSSR count). The number of rotatable bonds is 10. The largest absolute Gasteiger partial charge is 0.369 e. The van der Waals surface area contributed by atoms with Gasteiger partial charge in [-0.05, 0) is 18.6 Å². The Morgan fingerprint density at radius 2 is 2.09 bits per heavy atom. The molecule has 2 aromatic heterocycles. The summed E-state index contributed by atoms with van der Waals surface area (Å²) in [6.07, 6.45) is 2.65. The van der Waals surface area contributed by atoms with Crippen LogP contribution in [0.15, 0.2) is 29.6 Å². The molecule has 0 saturated heterocycles. The van der Waals surface area contributed by atoms with Crippen molar-refractivity contribution in [3.05, 3.63) is 45.1 Å². The van der Waals surface area contributed by atoms with Crippen molar-refractivity contribution in [3.63, 3.8) is 0 Å². The predicted octanol–water partition coefficient (Wildman–Crippen LogP) is 4.14. The van der Waals surface area contributed by atoms with Gasteiger partial charge in [-0.1, -0.05) is 44.1 Å². The van der Waals surface area contributed by atoms with Crippen LogP contribution in [0.5, 0.6) is 0 Å². The summed E-state index contributed by atoms with van der Waals surface area (Å²) in [5, 5.41) is 23.6. The summed E-state index contributed by atoms with van der Waals surface area (Å²) in [5.74, 6) is 0.150. The number of anilines is 1. The number of fused-ring (bicyclic) bond motifs is 1. The first kappa shape index (κ1) is 23.7. The first-order valence-corrected chi connectivity index (χ1v) is 11.4. The molecular weight excluding hydrogens is 454 g/mol. The van der Waals surface area contributed by atoms with Crippen LogP contribution in [0.25, 0.3) is 11.0 Å². The second-order valence-electron chi connectivity index (χ2n) is 7.23. The smallest absolute Gasteiger partial charge is 0.282 e. The molecule has 2 heterocycles. The number of hydrogen-bond donors (Lipinski definition) is 2. The highest BCUT2D eigenvalue weighted by molar-refractivity contribution is 7.99. The Kier molecular flexibility index (Phi) is 7.86. The number of nitrogens with zero attached hydrogens (tertiary/aromatic N) is 5. The summed E-state index contributed by atoms with van der Waals surface area (Å²) in [5.41, 5.74) is 0.271. The normalized spacial score (nSPS) is 11.2. The van der Waals surface area contributed by atoms with E-state index >= 15 is 0 Å². The molecule has 0 aliphatic carbocycles. The van der Waals surface area contributed by atoms with Gasteiger partial charge in [0.25, 0.3) is 11.6 Å². The number of nitro groups is 1. The van der Waals surface area contributed by atoms with Gasteiger partial charge in [0, 0.05) is 29.4 Å². The quantitative estimate of drug-likeness (QED) is 0.193. The summed E-state index contributed by atoms with van der Waals surface area (Å²) >= 11 is 7.46. The van der Waals surface area contributed by atoms with Crippen LogP contribution in [0.3, 0.4) is 0 Å². The number of hydrogen-bond acceptors (Lipinski definition) is 8. The summed E-state index contributed by atoms with van der Waals surface area (Å²) < 4.78 is 1.69. The Labute approximate surface area is 194 Å². The molecule has 0 bridgehead atoms. The lowest BCUT2D eigenvalue weighted by molar-refractivity contribution is -0.385. The van der Waals surface area contributed by atoms with Crippen molar-refractivity contribution < 1.29 is 9.72 Å². The van der Waals surface area contributed by atoms with Crippen molar-refractivity contribution >= 4 is 51.8 Å². The maximum atomic E-state index is 12.5. The standard InChI is InChI=1S/C20H24ClN7O3S/c1-4-7-22-17-15-11-24-27(18(15)26-20(25-17)32-12(2)3)9-8-23-19(29)14-10-13(21)5-6-16(14)28(30)31/h5-6,10-12H,4,7-9H2,1-3H3,(H,23,29)(H,22,25,26). The lowest BCUT2D eigenvalue weighted by Crippen LogP contribution is -2.28. The van der Waals surface area contributed by atoms with E-state index in [0.29, 0.717) is 22.6 Å². The molecule has 1 amide bonds. The average Bonchev–Trinajstić information content (AvgIpc) is 3.14. The van der Waals surface area contributed by atoms with Gasteiger partial charge in [-0.15, -0.1) is 0 Å². The molecule has 0 aliphatic heterocycles. The molecule has 10 nitrogen and oxygen atoms in total. The second-order valence-corrected chi connectivity index (χ2v) is 9.21. The molecule has 0 spiro atoms. The average molecular weight is 478 g/mol. The first-order chi connectivity index (χ1) is 15.3.